The second-order valence-electron chi connectivity index (χ2n) is 5.47. The molecule has 0 amide bonds. The third-order valence-corrected chi connectivity index (χ3v) is 3.90. The highest BCUT2D eigenvalue weighted by atomic mass is 19.1. The maximum absolute atomic E-state index is 13.2. The molecule has 2 aromatic heterocycles. The van der Waals surface area contributed by atoms with E-state index in [1.807, 2.05) is 12.1 Å². The fraction of sp³-hybridized carbons (Fsp3) is 0.222. The Bertz CT molecular complexity index is 861. The molecule has 3 aromatic rings. The van der Waals surface area contributed by atoms with Crippen molar-refractivity contribution in [2.24, 2.45) is 0 Å². The van der Waals surface area contributed by atoms with Crippen LogP contribution in [-0.2, 0) is 6.54 Å². The van der Waals surface area contributed by atoms with Crippen LogP contribution in [0.25, 0.3) is 10.9 Å². The molecule has 0 radical (unpaired) electrons. The molecule has 2 N–H and O–H groups in total. The van der Waals surface area contributed by atoms with Gasteiger partial charge in [0, 0.05) is 47.6 Å². The Morgan fingerprint density at radius 1 is 1.22 bits per heavy atom. The lowest BCUT2D eigenvalue weighted by molar-refractivity contribution is 0.514. The van der Waals surface area contributed by atoms with Gasteiger partial charge in [-0.3, -0.25) is 9.78 Å². The van der Waals surface area contributed by atoms with Gasteiger partial charge in [0.05, 0.1) is 0 Å². The first-order chi connectivity index (χ1) is 11.2. The summed E-state index contributed by atoms with van der Waals surface area (Å²) in [6.45, 7) is 2.63. The van der Waals surface area contributed by atoms with Gasteiger partial charge in [-0.05, 0) is 42.3 Å². The van der Waals surface area contributed by atoms with E-state index in [1.54, 1.807) is 18.5 Å². The van der Waals surface area contributed by atoms with Crippen molar-refractivity contribution < 1.29 is 4.39 Å². The van der Waals surface area contributed by atoms with Crippen molar-refractivity contribution in [3.8, 4) is 0 Å². The highest BCUT2D eigenvalue weighted by molar-refractivity contribution is 5.78. The molecule has 0 unspecified atom stereocenters. The number of fused-ring (bicyclic) bond motifs is 1. The van der Waals surface area contributed by atoms with E-state index in [9.17, 15) is 9.18 Å². The number of hydrogen-bond donors (Lipinski definition) is 2. The summed E-state index contributed by atoms with van der Waals surface area (Å²) in [6.07, 6.45) is 4.46. The van der Waals surface area contributed by atoms with Crippen LogP contribution in [0, 0.1) is 5.82 Å². The average Bonchev–Trinajstić information content (AvgIpc) is 2.57. The normalized spacial score (nSPS) is 12.4. The van der Waals surface area contributed by atoms with E-state index in [0.717, 1.165) is 17.7 Å². The third kappa shape index (κ3) is 3.46. The number of nitrogens with one attached hydrogen (secondary N) is 2. The molecule has 3 rings (SSSR count). The molecule has 0 aliphatic heterocycles. The predicted molar refractivity (Wildman–Crippen MR) is 88.6 cm³/mol. The minimum absolute atomic E-state index is 0.174. The van der Waals surface area contributed by atoms with Crippen LogP contribution >= 0.6 is 0 Å². The van der Waals surface area contributed by atoms with E-state index in [0.29, 0.717) is 17.4 Å². The van der Waals surface area contributed by atoms with Gasteiger partial charge >= 0.3 is 0 Å². The van der Waals surface area contributed by atoms with Crippen molar-refractivity contribution in [3.05, 3.63) is 76.1 Å². The Hall–Kier alpha value is -2.53. The van der Waals surface area contributed by atoms with Crippen LogP contribution in [0.1, 0.15) is 30.6 Å². The Morgan fingerprint density at radius 3 is 2.74 bits per heavy atom. The number of rotatable bonds is 5. The lowest BCUT2D eigenvalue weighted by Crippen LogP contribution is -2.22. The van der Waals surface area contributed by atoms with Gasteiger partial charge in [-0.25, -0.2) is 4.39 Å². The van der Waals surface area contributed by atoms with Crippen LogP contribution in [0.15, 0.2) is 53.6 Å². The Kier molecular flexibility index (Phi) is 4.48. The molecule has 0 spiro atoms. The van der Waals surface area contributed by atoms with Crippen molar-refractivity contribution in [3.63, 3.8) is 0 Å². The first kappa shape index (κ1) is 15.4. The van der Waals surface area contributed by atoms with Crippen LogP contribution in [0.5, 0.6) is 0 Å². The quantitative estimate of drug-likeness (QED) is 0.760. The maximum atomic E-state index is 13.2. The lowest BCUT2D eigenvalue weighted by Gasteiger charge is -2.17. The predicted octanol–water partition coefficient (Wildman–Crippen LogP) is 3.30. The number of hydrogen-bond acceptors (Lipinski definition) is 3. The molecule has 1 atom stereocenters. The maximum Gasteiger partial charge on any atom is 0.189 e. The molecule has 118 valence electrons. The second-order valence-corrected chi connectivity index (χ2v) is 5.47. The highest BCUT2D eigenvalue weighted by Gasteiger charge is 2.09. The summed E-state index contributed by atoms with van der Waals surface area (Å²) in [6, 6.07) is 9.87. The summed E-state index contributed by atoms with van der Waals surface area (Å²) >= 11 is 0. The van der Waals surface area contributed by atoms with Gasteiger partial charge in [0.1, 0.15) is 5.82 Å². The molecule has 0 bridgehead atoms. The largest absolute Gasteiger partial charge is 0.357 e. The Morgan fingerprint density at radius 2 is 2.00 bits per heavy atom. The molecule has 0 fully saturated rings. The first-order valence-corrected chi connectivity index (χ1v) is 7.62. The molecule has 1 aromatic carbocycles. The molecular formula is C18H18FN3O. The molecule has 5 heteroatoms. The molecule has 0 aliphatic rings. The number of benzene rings is 1. The SMILES string of the molecule is CC[C@@H](NCc1cc(=O)c2cc(F)ccc2[nH]1)c1ccncc1. The van der Waals surface area contributed by atoms with E-state index in [2.05, 4.69) is 22.2 Å². The van der Waals surface area contributed by atoms with Crippen molar-refractivity contribution in [1.82, 2.24) is 15.3 Å². The van der Waals surface area contributed by atoms with E-state index >= 15 is 0 Å². The van der Waals surface area contributed by atoms with Gasteiger partial charge in [-0.15, -0.1) is 0 Å². The zero-order valence-corrected chi connectivity index (χ0v) is 12.8. The summed E-state index contributed by atoms with van der Waals surface area (Å²) < 4.78 is 13.2. The Balaban J connectivity index is 1.81. The summed E-state index contributed by atoms with van der Waals surface area (Å²) in [4.78, 5) is 19.3. The summed E-state index contributed by atoms with van der Waals surface area (Å²) in [5, 5.41) is 3.80. The van der Waals surface area contributed by atoms with Crippen LogP contribution in [0.3, 0.4) is 0 Å². The van der Waals surface area contributed by atoms with E-state index < -0.39 is 5.82 Å². The van der Waals surface area contributed by atoms with Gasteiger partial charge in [0.2, 0.25) is 0 Å². The molecule has 0 saturated carbocycles. The topological polar surface area (TPSA) is 57.8 Å². The molecule has 23 heavy (non-hydrogen) atoms. The van der Waals surface area contributed by atoms with Crippen LogP contribution in [-0.4, -0.2) is 9.97 Å². The van der Waals surface area contributed by atoms with Crippen molar-refractivity contribution in [1.29, 1.82) is 0 Å². The number of aromatic nitrogens is 2. The molecular weight excluding hydrogens is 293 g/mol. The summed E-state index contributed by atoms with van der Waals surface area (Å²) in [7, 11) is 0. The van der Waals surface area contributed by atoms with Crippen molar-refractivity contribution in [2.45, 2.75) is 25.9 Å². The third-order valence-electron chi connectivity index (χ3n) is 3.90. The van der Waals surface area contributed by atoms with Gasteiger partial charge in [-0.1, -0.05) is 6.92 Å². The minimum atomic E-state index is -0.405. The molecule has 0 aliphatic carbocycles. The number of aromatic amines is 1. The van der Waals surface area contributed by atoms with Crippen LogP contribution in [0.4, 0.5) is 4.39 Å². The smallest absolute Gasteiger partial charge is 0.189 e. The van der Waals surface area contributed by atoms with Crippen LogP contribution < -0.4 is 10.7 Å². The van der Waals surface area contributed by atoms with E-state index in [4.69, 9.17) is 0 Å². The van der Waals surface area contributed by atoms with E-state index in [1.165, 1.54) is 18.2 Å². The fourth-order valence-electron chi connectivity index (χ4n) is 2.70. The van der Waals surface area contributed by atoms with E-state index in [-0.39, 0.29) is 11.5 Å². The number of nitrogens with zero attached hydrogens (tertiary/aromatic N) is 1. The standard InChI is InChI=1S/C18H18FN3O/c1-2-16(12-5-7-20-8-6-12)21-11-14-10-18(23)15-9-13(19)3-4-17(15)22-14/h3-10,16,21H,2,11H2,1H3,(H,22,23)/t16-/m1/s1. The Labute approximate surface area is 133 Å². The highest BCUT2D eigenvalue weighted by Crippen LogP contribution is 2.16. The zero-order chi connectivity index (χ0) is 16.2. The number of halogens is 1. The minimum Gasteiger partial charge on any atom is -0.357 e. The zero-order valence-electron chi connectivity index (χ0n) is 12.8. The lowest BCUT2D eigenvalue weighted by atomic mass is 10.1. The first-order valence-electron chi connectivity index (χ1n) is 7.62. The summed E-state index contributed by atoms with van der Waals surface area (Å²) in [5.41, 5.74) is 2.41. The van der Waals surface area contributed by atoms with Gasteiger partial charge < -0.3 is 10.3 Å². The monoisotopic (exact) mass is 311 g/mol. The van der Waals surface area contributed by atoms with Gasteiger partial charge in [0.25, 0.3) is 0 Å². The fourth-order valence-corrected chi connectivity index (χ4v) is 2.70. The van der Waals surface area contributed by atoms with Gasteiger partial charge in [0.15, 0.2) is 5.43 Å². The van der Waals surface area contributed by atoms with Crippen molar-refractivity contribution >= 4 is 10.9 Å². The van der Waals surface area contributed by atoms with Crippen molar-refractivity contribution in [2.75, 3.05) is 0 Å². The molecule has 4 nitrogen and oxygen atoms in total. The average molecular weight is 311 g/mol. The number of H-pyrrole nitrogens is 1. The summed E-state index contributed by atoms with van der Waals surface area (Å²) in [5.74, 6) is -0.405. The van der Waals surface area contributed by atoms with Gasteiger partial charge in [-0.2, -0.15) is 0 Å². The molecule has 0 saturated heterocycles. The molecule has 2 heterocycles. The number of pyridine rings is 2. The van der Waals surface area contributed by atoms with Crippen LogP contribution in [0.2, 0.25) is 0 Å². The second kappa shape index (κ2) is 6.71.